The smallest absolute Gasteiger partial charge is 0.0669 e. The normalized spacial score (nSPS) is 13.4. The maximum absolute atomic E-state index is 4.63. The highest BCUT2D eigenvalue weighted by Crippen LogP contribution is 2.26. The number of para-hydroxylation sites is 1. The van der Waals surface area contributed by atoms with Crippen molar-refractivity contribution in [3.8, 4) is 0 Å². The van der Waals surface area contributed by atoms with E-state index >= 15 is 0 Å². The molecule has 0 aromatic heterocycles. The standard InChI is InChI=1S/C18H18N2/c1-20(2)17-11-8-14(9-12-17)7-10-16-13-15-5-3-4-6-18(15)19-16/h3-12H,13H2,1-2H3/b10-7+. The molecule has 0 spiro atoms. The molecule has 0 fully saturated rings. The molecule has 0 saturated heterocycles. The van der Waals surface area contributed by atoms with Crippen molar-refractivity contribution in [2.24, 2.45) is 4.99 Å². The maximum atomic E-state index is 4.63. The molecule has 0 N–H and O–H groups in total. The van der Waals surface area contributed by atoms with Gasteiger partial charge in [-0.25, -0.2) is 0 Å². The Kier molecular flexibility index (Phi) is 3.38. The van der Waals surface area contributed by atoms with Crippen molar-refractivity contribution in [2.45, 2.75) is 6.42 Å². The van der Waals surface area contributed by atoms with Crippen LogP contribution in [-0.2, 0) is 6.42 Å². The van der Waals surface area contributed by atoms with E-state index in [2.05, 4.69) is 78.6 Å². The third-order valence-corrected chi connectivity index (χ3v) is 3.50. The summed E-state index contributed by atoms with van der Waals surface area (Å²) in [5, 5.41) is 0. The molecule has 2 aromatic rings. The van der Waals surface area contributed by atoms with E-state index in [4.69, 9.17) is 0 Å². The molecule has 1 aliphatic heterocycles. The Bertz CT molecular complexity index is 664. The second-order valence-corrected chi connectivity index (χ2v) is 5.23. The zero-order valence-electron chi connectivity index (χ0n) is 11.9. The summed E-state index contributed by atoms with van der Waals surface area (Å²) < 4.78 is 0. The van der Waals surface area contributed by atoms with E-state index in [0.717, 1.165) is 17.8 Å². The van der Waals surface area contributed by atoms with Crippen LogP contribution in [0.5, 0.6) is 0 Å². The van der Waals surface area contributed by atoms with Gasteiger partial charge in [-0.1, -0.05) is 36.4 Å². The van der Waals surface area contributed by atoms with E-state index in [1.54, 1.807) is 0 Å². The lowest BCUT2D eigenvalue weighted by Crippen LogP contribution is -2.07. The lowest BCUT2D eigenvalue weighted by molar-refractivity contribution is 1.13. The number of fused-ring (bicyclic) bond motifs is 1. The van der Waals surface area contributed by atoms with Gasteiger partial charge in [-0.2, -0.15) is 0 Å². The van der Waals surface area contributed by atoms with E-state index in [9.17, 15) is 0 Å². The van der Waals surface area contributed by atoms with Crippen molar-refractivity contribution in [2.75, 3.05) is 19.0 Å². The highest BCUT2D eigenvalue weighted by molar-refractivity contribution is 6.04. The van der Waals surface area contributed by atoms with Gasteiger partial charge in [0.15, 0.2) is 0 Å². The van der Waals surface area contributed by atoms with Crippen molar-refractivity contribution < 1.29 is 0 Å². The molecule has 0 aliphatic carbocycles. The number of benzene rings is 2. The summed E-state index contributed by atoms with van der Waals surface area (Å²) in [7, 11) is 4.10. The summed E-state index contributed by atoms with van der Waals surface area (Å²) in [4.78, 5) is 6.74. The SMILES string of the molecule is CN(C)c1ccc(/C=C/C2=Nc3ccccc3C2)cc1. The molecule has 0 amide bonds. The number of allylic oxidation sites excluding steroid dienone is 1. The number of aliphatic imine (C=N–C) groups is 1. The Labute approximate surface area is 120 Å². The molecule has 2 nitrogen and oxygen atoms in total. The average Bonchev–Trinajstić information content (AvgIpc) is 2.88. The predicted octanol–water partition coefficient (Wildman–Crippen LogP) is 4.09. The summed E-state index contributed by atoms with van der Waals surface area (Å²) >= 11 is 0. The first-order valence-corrected chi connectivity index (χ1v) is 6.83. The number of rotatable bonds is 3. The minimum Gasteiger partial charge on any atom is -0.378 e. The third kappa shape index (κ3) is 2.64. The molecule has 1 heterocycles. The molecule has 0 bridgehead atoms. The summed E-state index contributed by atoms with van der Waals surface area (Å²) in [6, 6.07) is 16.8. The molecule has 0 unspecified atom stereocenters. The molecular weight excluding hydrogens is 244 g/mol. The van der Waals surface area contributed by atoms with Gasteiger partial charge < -0.3 is 4.90 Å². The lowest BCUT2D eigenvalue weighted by Gasteiger charge is -2.11. The quantitative estimate of drug-likeness (QED) is 0.813. The highest BCUT2D eigenvalue weighted by Gasteiger charge is 2.10. The van der Waals surface area contributed by atoms with Gasteiger partial charge in [-0.3, -0.25) is 4.99 Å². The minimum absolute atomic E-state index is 0.933. The van der Waals surface area contributed by atoms with Crippen LogP contribution in [0.25, 0.3) is 6.08 Å². The number of hydrogen-bond donors (Lipinski definition) is 0. The van der Waals surface area contributed by atoms with Crippen LogP contribution < -0.4 is 4.90 Å². The van der Waals surface area contributed by atoms with Crippen LogP contribution in [-0.4, -0.2) is 19.8 Å². The van der Waals surface area contributed by atoms with E-state index < -0.39 is 0 Å². The molecule has 3 rings (SSSR count). The van der Waals surface area contributed by atoms with Crippen LogP contribution in [0.15, 0.2) is 59.6 Å². The molecule has 0 radical (unpaired) electrons. The van der Waals surface area contributed by atoms with Gasteiger partial charge in [0.2, 0.25) is 0 Å². The minimum atomic E-state index is 0.933. The molecule has 2 aromatic carbocycles. The summed E-state index contributed by atoms with van der Waals surface area (Å²) in [5.74, 6) is 0. The fraction of sp³-hybridized carbons (Fsp3) is 0.167. The van der Waals surface area contributed by atoms with Crippen molar-refractivity contribution >= 4 is 23.2 Å². The topological polar surface area (TPSA) is 15.6 Å². The van der Waals surface area contributed by atoms with Crippen LogP contribution >= 0.6 is 0 Å². The maximum Gasteiger partial charge on any atom is 0.0669 e. The van der Waals surface area contributed by atoms with Crippen LogP contribution in [0, 0.1) is 0 Å². The van der Waals surface area contributed by atoms with Crippen molar-refractivity contribution in [1.82, 2.24) is 0 Å². The van der Waals surface area contributed by atoms with Crippen molar-refractivity contribution in [3.05, 3.63) is 65.7 Å². The van der Waals surface area contributed by atoms with Crippen LogP contribution in [0.4, 0.5) is 11.4 Å². The Morgan fingerprint density at radius 1 is 0.950 bits per heavy atom. The van der Waals surface area contributed by atoms with E-state index in [1.165, 1.54) is 16.8 Å². The third-order valence-electron chi connectivity index (χ3n) is 3.50. The summed E-state index contributed by atoms with van der Waals surface area (Å²) in [5.41, 5.74) is 5.97. The molecule has 1 aliphatic rings. The van der Waals surface area contributed by atoms with Gasteiger partial charge in [0.1, 0.15) is 0 Å². The largest absolute Gasteiger partial charge is 0.378 e. The van der Waals surface area contributed by atoms with Crippen LogP contribution in [0.3, 0.4) is 0 Å². The molecule has 20 heavy (non-hydrogen) atoms. The molecule has 0 atom stereocenters. The number of anilines is 1. The van der Waals surface area contributed by atoms with E-state index in [0.29, 0.717) is 0 Å². The summed E-state index contributed by atoms with van der Waals surface area (Å²) in [6.45, 7) is 0. The monoisotopic (exact) mass is 262 g/mol. The fourth-order valence-electron chi connectivity index (χ4n) is 2.33. The van der Waals surface area contributed by atoms with Crippen LogP contribution in [0.2, 0.25) is 0 Å². The Balaban J connectivity index is 1.73. The van der Waals surface area contributed by atoms with E-state index in [-0.39, 0.29) is 0 Å². The first-order chi connectivity index (χ1) is 9.72. The Morgan fingerprint density at radius 3 is 2.40 bits per heavy atom. The van der Waals surface area contributed by atoms with Gasteiger partial charge >= 0.3 is 0 Å². The van der Waals surface area contributed by atoms with Crippen molar-refractivity contribution in [3.63, 3.8) is 0 Å². The van der Waals surface area contributed by atoms with Gasteiger partial charge in [0.25, 0.3) is 0 Å². The van der Waals surface area contributed by atoms with Gasteiger partial charge in [0.05, 0.1) is 5.69 Å². The van der Waals surface area contributed by atoms with Gasteiger partial charge in [-0.05, 0) is 35.4 Å². The zero-order valence-corrected chi connectivity index (χ0v) is 11.9. The molecule has 0 saturated carbocycles. The van der Waals surface area contributed by atoms with Crippen molar-refractivity contribution in [1.29, 1.82) is 0 Å². The average molecular weight is 262 g/mol. The van der Waals surface area contributed by atoms with Gasteiger partial charge in [0, 0.05) is 31.9 Å². The predicted molar refractivity (Wildman–Crippen MR) is 87.0 cm³/mol. The highest BCUT2D eigenvalue weighted by atomic mass is 15.1. The lowest BCUT2D eigenvalue weighted by atomic mass is 10.1. The first kappa shape index (κ1) is 12.7. The Hall–Kier alpha value is -2.35. The first-order valence-electron chi connectivity index (χ1n) is 6.83. The van der Waals surface area contributed by atoms with Crippen LogP contribution in [0.1, 0.15) is 11.1 Å². The Morgan fingerprint density at radius 2 is 1.70 bits per heavy atom. The van der Waals surface area contributed by atoms with E-state index in [1.807, 2.05) is 6.07 Å². The van der Waals surface area contributed by atoms with Gasteiger partial charge in [-0.15, -0.1) is 0 Å². The second-order valence-electron chi connectivity index (χ2n) is 5.23. The number of nitrogens with zero attached hydrogens (tertiary/aromatic N) is 2. The fourth-order valence-corrected chi connectivity index (χ4v) is 2.33. The zero-order chi connectivity index (χ0) is 13.9. The summed E-state index contributed by atoms with van der Waals surface area (Å²) in [6.07, 6.45) is 5.18. The molecular formula is C18H18N2. The molecule has 100 valence electrons. The number of hydrogen-bond acceptors (Lipinski definition) is 2. The molecule has 2 heteroatoms. The second kappa shape index (κ2) is 5.33.